The van der Waals surface area contributed by atoms with E-state index < -0.39 is 0 Å². The summed E-state index contributed by atoms with van der Waals surface area (Å²) in [6.07, 6.45) is 2.27. The van der Waals surface area contributed by atoms with Crippen molar-refractivity contribution in [3.05, 3.63) is 59.3 Å². The van der Waals surface area contributed by atoms with Crippen molar-refractivity contribution in [2.45, 2.75) is 23.9 Å². The predicted octanol–water partition coefficient (Wildman–Crippen LogP) is 2.90. The third-order valence-corrected chi connectivity index (χ3v) is 5.23. The summed E-state index contributed by atoms with van der Waals surface area (Å²) in [6.45, 7) is 1.25. The molecule has 3 aromatic rings. The van der Waals surface area contributed by atoms with Gasteiger partial charge in [-0.1, -0.05) is 17.8 Å². The molecule has 1 aliphatic heterocycles. The first-order valence-electron chi connectivity index (χ1n) is 8.25. The minimum atomic E-state index is -0.0811. The van der Waals surface area contributed by atoms with Gasteiger partial charge in [0.2, 0.25) is 0 Å². The van der Waals surface area contributed by atoms with Crippen molar-refractivity contribution in [1.29, 1.82) is 0 Å². The number of carbonyl (C=O) groups is 1. The summed E-state index contributed by atoms with van der Waals surface area (Å²) < 4.78 is 11.0. The third-order valence-electron chi connectivity index (χ3n) is 4.33. The van der Waals surface area contributed by atoms with E-state index in [0.29, 0.717) is 24.6 Å². The van der Waals surface area contributed by atoms with Gasteiger partial charge in [-0.15, -0.1) is 0 Å². The highest BCUT2D eigenvalue weighted by molar-refractivity contribution is 7.98. The van der Waals surface area contributed by atoms with Crippen LogP contribution >= 0.6 is 11.8 Å². The number of ether oxygens (including phenoxy) is 1. The van der Waals surface area contributed by atoms with E-state index in [4.69, 9.17) is 9.15 Å². The second-order valence-corrected chi connectivity index (χ2v) is 6.92. The highest BCUT2D eigenvalue weighted by Gasteiger charge is 2.24. The average molecular weight is 370 g/mol. The number of aromatic amines is 1. The smallest absolute Gasteiger partial charge is 0.289 e. The van der Waals surface area contributed by atoms with Gasteiger partial charge in [0.15, 0.2) is 10.9 Å². The Bertz CT molecular complexity index is 907. The monoisotopic (exact) mass is 370 g/mol. The summed E-state index contributed by atoms with van der Waals surface area (Å²) in [5.74, 6) is 2.46. The number of methoxy groups -OCH3 is 1. The van der Waals surface area contributed by atoms with Crippen molar-refractivity contribution in [2.75, 3.05) is 13.7 Å². The quantitative estimate of drug-likeness (QED) is 0.695. The lowest BCUT2D eigenvalue weighted by Gasteiger charge is -2.28. The lowest BCUT2D eigenvalue weighted by molar-refractivity contribution is 0.0701. The Kier molecular flexibility index (Phi) is 4.66. The molecule has 3 heterocycles. The fraction of sp³-hybridized carbons (Fsp3) is 0.278. The van der Waals surface area contributed by atoms with Crippen LogP contribution in [-0.2, 0) is 18.7 Å². The van der Waals surface area contributed by atoms with Crippen LogP contribution in [0.1, 0.15) is 27.4 Å². The summed E-state index contributed by atoms with van der Waals surface area (Å²) >= 11 is 1.48. The first-order valence-corrected chi connectivity index (χ1v) is 9.23. The first-order chi connectivity index (χ1) is 12.7. The molecule has 0 atom stereocenters. The van der Waals surface area contributed by atoms with Crippen LogP contribution in [0.15, 0.2) is 46.2 Å². The molecule has 26 heavy (non-hydrogen) atoms. The minimum Gasteiger partial charge on any atom is -0.497 e. The Morgan fingerprint density at radius 1 is 1.35 bits per heavy atom. The molecule has 0 saturated heterocycles. The molecule has 1 aliphatic rings. The molecule has 0 radical (unpaired) electrons. The number of fused-ring (bicyclic) bond motifs is 1. The van der Waals surface area contributed by atoms with Crippen molar-refractivity contribution in [1.82, 2.24) is 20.1 Å². The highest BCUT2D eigenvalue weighted by Crippen LogP contribution is 2.26. The van der Waals surface area contributed by atoms with Gasteiger partial charge < -0.3 is 14.1 Å². The van der Waals surface area contributed by atoms with Gasteiger partial charge in [0.25, 0.3) is 5.91 Å². The Hall–Kier alpha value is -2.74. The van der Waals surface area contributed by atoms with Crippen molar-refractivity contribution >= 4 is 17.7 Å². The first kappa shape index (κ1) is 16.7. The predicted molar refractivity (Wildman–Crippen MR) is 96.1 cm³/mol. The van der Waals surface area contributed by atoms with Gasteiger partial charge in [0.1, 0.15) is 17.8 Å². The number of hydrogen-bond acceptors (Lipinski definition) is 6. The zero-order valence-corrected chi connectivity index (χ0v) is 15.1. The zero-order valence-electron chi connectivity index (χ0n) is 14.3. The van der Waals surface area contributed by atoms with E-state index in [1.165, 1.54) is 23.7 Å². The molecular formula is C18H18N4O3S. The van der Waals surface area contributed by atoms with Crippen molar-refractivity contribution in [3.8, 4) is 5.75 Å². The molecule has 2 aromatic heterocycles. The Labute approximate surface area is 154 Å². The number of nitrogens with zero attached hydrogens (tertiary/aromatic N) is 3. The number of carbonyl (C=O) groups excluding carboxylic acids is 1. The SMILES string of the molecule is COc1ccc2c(c1)CCN(C(=O)c1ccc(CSc3ncn[nH]3)o1)C2. The molecule has 0 fully saturated rings. The Morgan fingerprint density at radius 2 is 2.27 bits per heavy atom. The molecule has 1 N–H and O–H groups in total. The van der Waals surface area contributed by atoms with Gasteiger partial charge in [-0.25, -0.2) is 4.98 Å². The number of benzene rings is 1. The van der Waals surface area contributed by atoms with Crippen molar-refractivity contribution in [3.63, 3.8) is 0 Å². The fourth-order valence-electron chi connectivity index (χ4n) is 2.96. The second kappa shape index (κ2) is 7.25. The topological polar surface area (TPSA) is 84.2 Å². The maximum atomic E-state index is 12.8. The number of amides is 1. The van der Waals surface area contributed by atoms with E-state index in [1.807, 2.05) is 29.2 Å². The maximum Gasteiger partial charge on any atom is 0.289 e. The summed E-state index contributed by atoms with van der Waals surface area (Å²) in [5.41, 5.74) is 2.38. The van der Waals surface area contributed by atoms with Crippen LogP contribution in [0.3, 0.4) is 0 Å². The fourth-order valence-corrected chi connectivity index (χ4v) is 3.63. The van der Waals surface area contributed by atoms with Crippen LogP contribution in [0, 0.1) is 0 Å². The molecule has 8 heteroatoms. The number of aromatic nitrogens is 3. The summed E-state index contributed by atoms with van der Waals surface area (Å²) in [7, 11) is 1.66. The molecule has 1 amide bonds. The molecule has 0 aliphatic carbocycles. The number of thioether (sulfide) groups is 1. The Balaban J connectivity index is 1.41. The van der Waals surface area contributed by atoms with Gasteiger partial charge in [0, 0.05) is 13.1 Å². The van der Waals surface area contributed by atoms with Crippen molar-refractivity contribution in [2.24, 2.45) is 0 Å². The Morgan fingerprint density at radius 3 is 3.08 bits per heavy atom. The standard InChI is InChI=1S/C18H18N4O3S/c1-24-14-3-2-13-9-22(7-6-12(13)8-14)17(23)16-5-4-15(25-16)10-26-18-19-11-20-21-18/h2-5,8,11H,6-7,9-10H2,1H3,(H,19,20,21). The van der Waals surface area contributed by atoms with E-state index in [-0.39, 0.29) is 5.91 Å². The number of H-pyrrole nitrogens is 1. The van der Waals surface area contributed by atoms with Crippen LogP contribution in [0.4, 0.5) is 0 Å². The van der Waals surface area contributed by atoms with E-state index in [9.17, 15) is 4.79 Å². The number of nitrogens with one attached hydrogen (secondary N) is 1. The van der Waals surface area contributed by atoms with Crippen LogP contribution < -0.4 is 4.74 Å². The average Bonchev–Trinajstić information content (AvgIpc) is 3.36. The third kappa shape index (κ3) is 3.45. The maximum absolute atomic E-state index is 12.8. The summed E-state index contributed by atoms with van der Waals surface area (Å²) in [4.78, 5) is 18.6. The van der Waals surface area contributed by atoms with E-state index >= 15 is 0 Å². The molecule has 4 rings (SSSR count). The highest BCUT2D eigenvalue weighted by atomic mass is 32.2. The molecule has 0 bridgehead atoms. The van der Waals surface area contributed by atoms with E-state index in [0.717, 1.165) is 28.7 Å². The van der Waals surface area contributed by atoms with Crippen LogP contribution in [0.2, 0.25) is 0 Å². The molecule has 0 spiro atoms. The summed E-state index contributed by atoms with van der Waals surface area (Å²) in [6, 6.07) is 9.57. The number of hydrogen-bond donors (Lipinski definition) is 1. The molecular weight excluding hydrogens is 352 g/mol. The van der Waals surface area contributed by atoms with Crippen LogP contribution in [-0.4, -0.2) is 39.6 Å². The van der Waals surface area contributed by atoms with Crippen LogP contribution in [0.25, 0.3) is 0 Å². The van der Waals surface area contributed by atoms with Gasteiger partial charge >= 0.3 is 0 Å². The van der Waals surface area contributed by atoms with E-state index in [2.05, 4.69) is 15.2 Å². The van der Waals surface area contributed by atoms with Gasteiger partial charge in [0.05, 0.1) is 12.9 Å². The normalized spacial score (nSPS) is 13.5. The molecule has 0 saturated carbocycles. The van der Waals surface area contributed by atoms with Gasteiger partial charge in [-0.05, 0) is 41.8 Å². The summed E-state index contributed by atoms with van der Waals surface area (Å²) in [5, 5.41) is 7.30. The molecule has 0 unspecified atom stereocenters. The molecule has 7 nitrogen and oxygen atoms in total. The lowest BCUT2D eigenvalue weighted by atomic mass is 9.99. The largest absolute Gasteiger partial charge is 0.497 e. The number of furan rings is 1. The van der Waals surface area contributed by atoms with Crippen LogP contribution in [0.5, 0.6) is 5.75 Å². The molecule has 134 valence electrons. The molecule has 1 aromatic carbocycles. The van der Waals surface area contributed by atoms with Gasteiger partial charge in [-0.2, -0.15) is 5.10 Å². The second-order valence-electron chi connectivity index (χ2n) is 5.96. The minimum absolute atomic E-state index is 0.0811. The van der Waals surface area contributed by atoms with E-state index in [1.54, 1.807) is 13.2 Å². The van der Waals surface area contributed by atoms with Crippen molar-refractivity contribution < 1.29 is 13.9 Å². The lowest BCUT2D eigenvalue weighted by Crippen LogP contribution is -2.35. The zero-order chi connectivity index (χ0) is 17.9. The van der Waals surface area contributed by atoms with Gasteiger partial charge in [-0.3, -0.25) is 9.89 Å². The number of rotatable bonds is 5.